The van der Waals surface area contributed by atoms with Crippen molar-refractivity contribution in [2.45, 2.75) is 34.1 Å². The van der Waals surface area contributed by atoms with Gasteiger partial charge in [0, 0.05) is 49.2 Å². The van der Waals surface area contributed by atoms with Crippen LogP contribution < -0.4 is 9.80 Å². The third kappa shape index (κ3) is 4.40. The molecule has 5 rings (SSSR count). The molecule has 0 radical (unpaired) electrons. The molecule has 2 aromatic heterocycles. The molecular weight excluding hydrogens is 406 g/mol. The monoisotopic (exact) mass is 437 g/mol. The van der Waals surface area contributed by atoms with Gasteiger partial charge in [-0.3, -0.25) is 0 Å². The van der Waals surface area contributed by atoms with Crippen LogP contribution in [0.2, 0.25) is 0 Å². The van der Waals surface area contributed by atoms with E-state index in [2.05, 4.69) is 90.2 Å². The third-order valence-electron chi connectivity index (χ3n) is 6.62. The maximum Gasteiger partial charge on any atom is 0.136 e. The van der Waals surface area contributed by atoms with Crippen LogP contribution >= 0.6 is 0 Å². The lowest BCUT2D eigenvalue weighted by molar-refractivity contribution is 0.637. The predicted molar refractivity (Wildman–Crippen MR) is 136 cm³/mol. The van der Waals surface area contributed by atoms with Gasteiger partial charge < -0.3 is 9.80 Å². The van der Waals surface area contributed by atoms with E-state index in [9.17, 15) is 0 Å². The van der Waals surface area contributed by atoms with Gasteiger partial charge in [-0.05, 0) is 51.0 Å². The highest BCUT2D eigenvalue weighted by Crippen LogP contribution is 2.27. The van der Waals surface area contributed by atoms with Crippen molar-refractivity contribution in [3.63, 3.8) is 0 Å². The van der Waals surface area contributed by atoms with Crippen molar-refractivity contribution < 1.29 is 0 Å². The van der Waals surface area contributed by atoms with Crippen molar-refractivity contribution in [1.82, 2.24) is 15.0 Å². The zero-order valence-corrected chi connectivity index (χ0v) is 20.0. The minimum absolute atomic E-state index is 0.837. The normalized spacial score (nSPS) is 14.2. The Hall–Kier alpha value is -3.47. The van der Waals surface area contributed by atoms with Crippen molar-refractivity contribution in [2.75, 3.05) is 36.0 Å². The van der Waals surface area contributed by atoms with Gasteiger partial charge in [-0.1, -0.05) is 48.0 Å². The largest absolute Gasteiger partial charge is 0.353 e. The molecule has 2 aromatic carbocycles. The molecular formula is C28H31N5. The Kier molecular flexibility index (Phi) is 5.71. The average Bonchev–Trinajstić information content (AvgIpc) is 2.82. The van der Waals surface area contributed by atoms with E-state index in [0.29, 0.717) is 0 Å². The Labute approximate surface area is 196 Å². The summed E-state index contributed by atoms with van der Waals surface area (Å²) in [5.74, 6) is 2.99. The lowest BCUT2D eigenvalue weighted by atomic mass is 10.0. The number of piperazine rings is 1. The van der Waals surface area contributed by atoms with Crippen LogP contribution in [0.25, 0.3) is 10.9 Å². The van der Waals surface area contributed by atoms with Gasteiger partial charge in [0.15, 0.2) is 0 Å². The molecule has 0 aliphatic carbocycles. The third-order valence-corrected chi connectivity index (χ3v) is 6.62. The highest BCUT2D eigenvalue weighted by atomic mass is 15.3. The van der Waals surface area contributed by atoms with Crippen LogP contribution in [0, 0.1) is 27.7 Å². The van der Waals surface area contributed by atoms with Crippen LogP contribution in [0.5, 0.6) is 0 Å². The molecule has 1 fully saturated rings. The second kappa shape index (κ2) is 8.81. The van der Waals surface area contributed by atoms with E-state index in [1.807, 2.05) is 6.92 Å². The summed E-state index contributed by atoms with van der Waals surface area (Å²) in [6, 6.07) is 19.4. The molecule has 0 amide bonds. The minimum atomic E-state index is 0.837. The van der Waals surface area contributed by atoms with E-state index in [0.717, 1.165) is 61.3 Å². The summed E-state index contributed by atoms with van der Waals surface area (Å²) in [5.41, 5.74) is 7.24. The summed E-state index contributed by atoms with van der Waals surface area (Å²) < 4.78 is 0. The number of nitrogens with zero attached hydrogens (tertiary/aromatic N) is 5. The Morgan fingerprint density at radius 1 is 0.758 bits per heavy atom. The van der Waals surface area contributed by atoms with Crippen LogP contribution in [0.1, 0.15) is 33.8 Å². The molecule has 1 aliphatic rings. The fraction of sp³-hybridized carbons (Fsp3) is 0.321. The van der Waals surface area contributed by atoms with Crippen molar-refractivity contribution in [3.05, 3.63) is 88.4 Å². The molecule has 33 heavy (non-hydrogen) atoms. The Bertz CT molecular complexity index is 1290. The molecule has 0 bridgehead atoms. The zero-order chi connectivity index (χ0) is 22.9. The summed E-state index contributed by atoms with van der Waals surface area (Å²) in [6.07, 6.45) is 0.855. The topological polar surface area (TPSA) is 45.2 Å². The van der Waals surface area contributed by atoms with Gasteiger partial charge in [-0.15, -0.1) is 0 Å². The summed E-state index contributed by atoms with van der Waals surface area (Å²) in [4.78, 5) is 19.4. The van der Waals surface area contributed by atoms with Crippen LogP contribution in [0.3, 0.4) is 0 Å². The highest BCUT2D eigenvalue weighted by molar-refractivity contribution is 5.83. The van der Waals surface area contributed by atoms with Gasteiger partial charge in [0.2, 0.25) is 0 Å². The molecule has 5 heteroatoms. The van der Waals surface area contributed by atoms with Gasteiger partial charge in [0.05, 0.1) is 5.52 Å². The molecule has 0 saturated carbocycles. The number of fused-ring (bicyclic) bond motifs is 1. The molecule has 168 valence electrons. The van der Waals surface area contributed by atoms with E-state index in [4.69, 9.17) is 9.97 Å². The molecule has 5 nitrogen and oxygen atoms in total. The number of hydrogen-bond acceptors (Lipinski definition) is 5. The van der Waals surface area contributed by atoms with Gasteiger partial charge >= 0.3 is 0 Å². The van der Waals surface area contributed by atoms with E-state index >= 15 is 0 Å². The fourth-order valence-corrected chi connectivity index (χ4v) is 4.74. The summed E-state index contributed by atoms with van der Waals surface area (Å²) in [6.45, 7) is 12.1. The zero-order valence-electron chi connectivity index (χ0n) is 20.0. The molecule has 3 heterocycles. The molecule has 0 N–H and O–H groups in total. The first-order valence-electron chi connectivity index (χ1n) is 11.7. The van der Waals surface area contributed by atoms with Gasteiger partial charge in [-0.25, -0.2) is 15.0 Å². The van der Waals surface area contributed by atoms with Gasteiger partial charge in [0.25, 0.3) is 0 Å². The first-order chi connectivity index (χ1) is 16.0. The van der Waals surface area contributed by atoms with E-state index in [-0.39, 0.29) is 0 Å². The fourth-order valence-electron chi connectivity index (χ4n) is 4.74. The molecule has 1 aliphatic heterocycles. The second-order valence-electron chi connectivity index (χ2n) is 9.11. The number of hydrogen-bond donors (Lipinski definition) is 0. The number of aromatic nitrogens is 3. The maximum absolute atomic E-state index is 4.95. The first-order valence-corrected chi connectivity index (χ1v) is 11.7. The predicted octanol–water partition coefficient (Wildman–Crippen LogP) is 5.18. The van der Waals surface area contributed by atoms with Crippen molar-refractivity contribution in [3.8, 4) is 0 Å². The number of anilines is 2. The molecule has 0 unspecified atom stereocenters. The van der Waals surface area contributed by atoms with Crippen LogP contribution in [0.15, 0.2) is 54.6 Å². The summed E-state index contributed by atoms with van der Waals surface area (Å²) in [7, 11) is 0. The van der Waals surface area contributed by atoms with E-state index in [1.54, 1.807) is 0 Å². The lowest BCUT2D eigenvalue weighted by Gasteiger charge is -2.37. The Balaban J connectivity index is 1.38. The number of rotatable bonds is 4. The lowest BCUT2D eigenvalue weighted by Crippen LogP contribution is -2.47. The number of aryl methyl sites for hydroxylation is 4. The second-order valence-corrected chi connectivity index (χ2v) is 9.11. The molecule has 4 aromatic rings. The van der Waals surface area contributed by atoms with E-state index in [1.165, 1.54) is 27.6 Å². The average molecular weight is 438 g/mol. The number of para-hydroxylation sites is 1. The Morgan fingerprint density at radius 2 is 1.45 bits per heavy atom. The van der Waals surface area contributed by atoms with Crippen LogP contribution in [-0.2, 0) is 6.42 Å². The SMILES string of the molecule is Cc1ccc(Cc2c(C)nc(C)nc2N2CCN(c3cc(C)c4ccccc4n3)CC2)cc1. The molecule has 0 spiro atoms. The van der Waals surface area contributed by atoms with Gasteiger partial charge in [-0.2, -0.15) is 0 Å². The molecule has 0 atom stereocenters. The van der Waals surface area contributed by atoms with Gasteiger partial charge in [0.1, 0.15) is 17.5 Å². The first kappa shape index (κ1) is 21.4. The summed E-state index contributed by atoms with van der Waals surface area (Å²) >= 11 is 0. The van der Waals surface area contributed by atoms with E-state index < -0.39 is 0 Å². The maximum atomic E-state index is 4.95. The number of pyridine rings is 1. The smallest absolute Gasteiger partial charge is 0.136 e. The summed E-state index contributed by atoms with van der Waals surface area (Å²) in [5, 5.41) is 1.23. The quantitative estimate of drug-likeness (QED) is 0.440. The van der Waals surface area contributed by atoms with Crippen molar-refractivity contribution in [2.24, 2.45) is 0 Å². The molecule has 1 saturated heterocycles. The van der Waals surface area contributed by atoms with Crippen LogP contribution in [0.4, 0.5) is 11.6 Å². The standard InChI is InChI=1S/C28H31N5/c1-19-9-11-23(12-10-19)18-25-21(3)29-22(4)30-28(25)33-15-13-32(14-16-33)27-17-20(2)24-7-5-6-8-26(24)31-27/h5-12,17H,13-16,18H2,1-4H3. The number of benzene rings is 2. The van der Waals surface area contributed by atoms with Crippen molar-refractivity contribution in [1.29, 1.82) is 0 Å². The van der Waals surface area contributed by atoms with Crippen molar-refractivity contribution >= 4 is 22.5 Å². The Morgan fingerprint density at radius 3 is 2.21 bits per heavy atom. The van der Waals surface area contributed by atoms with Crippen LogP contribution in [-0.4, -0.2) is 41.1 Å². The highest BCUT2D eigenvalue weighted by Gasteiger charge is 2.23. The minimum Gasteiger partial charge on any atom is -0.353 e.